The fraction of sp³-hybridized carbons (Fsp3) is 0.333. The monoisotopic (exact) mass is 328 g/mol. The third-order valence-electron chi connectivity index (χ3n) is 4.26. The molecule has 0 unspecified atom stereocenters. The van der Waals surface area contributed by atoms with Crippen LogP contribution in [0.4, 0.5) is 10.5 Å². The van der Waals surface area contributed by atoms with Gasteiger partial charge in [0.05, 0.1) is 10.4 Å². The highest BCUT2D eigenvalue weighted by atomic mass is 32.2. The molecule has 120 valence electrons. The van der Waals surface area contributed by atoms with Crippen molar-refractivity contribution in [1.29, 1.82) is 0 Å². The number of likely N-dealkylation sites (N-methyl/N-ethyl adjacent to an activating group) is 1. The van der Waals surface area contributed by atoms with Crippen molar-refractivity contribution in [2.24, 2.45) is 0 Å². The molecule has 1 aromatic rings. The van der Waals surface area contributed by atoms with Crippen LogP contribution in [0.15, 0.2) is 29.2 Å². The third kappa shape index (κ3) is 2.81. The molecule has 1 saturated heterocycles. The average molecular weight is 328 g/mol. The molecule has 1 fully saturated rings. The smallest absolute Gasteiger partial charge is 0.290 e. The summed E-state index contributed by atoms with van der Waals surface area (Å²) in [6.07, 6.45) is 4.05. The maximum absolute atomic E-state index is 11.7. The van der Waals surface area contributed by atoms with Gasteiger partial charge in [0.2, 0.25) is 0 Å². The van der Waals surface area contributed by atoms with Crippen LogP contribution in [0, 0.1) is 0 Å². The summed E-state index contributed by atoms with van der Waals surface area (Å²) in [6.45, 7) is 9.62. The van der Waals surface area contributed by atoms with Crippen molar-refractivity contribution >= 4 is 40.2 Å². The molecule has 2 aliphatic heterocycles. The summed E-state index contributed by atoms with van der Waals surface area (Å²) in [4.78, 5) is 25.8. The van der Waals surface area contributed by atoms with Gasteiger partial charge in [0.25, 0.3) is 11.1 Å². The zero-order valence-electron chi connectivity index (χ0n) is 13.8. The van der Waals surface area contributed by atoms with Gasteiger partial charge in [0, 0.05) is 17.8 Å². The van der Waals surface area contributed by atoms with E-state index in [1.54, 1.807) is 6.08 Å². The number of rotatable bonds is 2. The lowest BCUT2D eigenvalue weighted by molar-refractivity contribution is -0.115. The van der Waals surface area contributed by atoms with Crippen molar-refractivity contribution in [2.75, 3.05) is 11.4 Å². The summed E-state index contributed by atoms with van der Waals surface area (Å²) in [5.74, 6) is -0.318. The minimum Gasteiger partial charge on any atom is -0.363 e. The van der Waals surface area contributed by atoms with Gasteiger partial charge in [-0.3, -0.25) is 14.9 Å². The number of nitrogens with zero attached hydrogens (tertiary/aromatic N) is 1. The Hall–Kier alpha value is -2.01. The number of thioether (sulfide) groups is 1. The SMILES string of the molecule is CCN1c2ccc(C=C3SC(=O)NC3=O)cc2C(C)=CC1(C)C. The molecule has 2 aliphatic rings. The Bertz CT molecular complexity index is 762. The van der Waals surface area contributed by atoms with Gasteiger partial charge >= 0.3 is 0 Å². The number of nitrogens with one attached hydrogen (secondary N) is 1. The van der Waals surface area contributed by atoms with Crippen LogP contribution in [0.1, 0.15) is 38.8 Å². The van der Waals surface area contributed by atoms with Crippen molar-refractivity contribution in [3.63, 3.8) is 0 Å². The standard InChI is InChI=1S/C18H20N2O2S/c1-5-20-14-7-6-12(9-15-16(21)19-17(22)23-15)8-13(14)11(2)10-18(20,3)4/h6-10H,5H2,1-4H3,(H,19,21,22). The Labute approximate surface area is 140 Å². The van der Waals surface area contributed by atoms with Gasteiger partial charge < -0.3 is 4.90 Å². The molecule has 5 heteroatoms. The molecule has 2 heterocycles. The molecule has 1 N–H and O–H groups in total. The van der Waals surface area contributed by atoms with Crippen molar-refractivity contribution in [3.05, 3.63) is 40.3 Å². The summed E-state index contributed by atoms with van der Waals surface area (Å²) >= 11 is 0.948. The molecular formula is C18H20N2O2S. The molecule has 0 aliphatic carbocycles. The Balaban J connectivity index is 2.03. The highest BCUT2D eigenvalue weighted by Crippen LogP contribution is 2.39. The van der Waals surface area contributed by atoms with Crippen LogP contribution >= 0.6 is 11.8 Å². The second kappa shape index (κ2) is 5.57. The molecule has 0 bridgehead atoms. The lowest BCUT2D eigenvalue weighted by Gasteiger charge is -2.42. The van der Waals surface area contributed by atoms with Gasteiger partial charge in [-0.2, -0.15) is 0 Å². The molecule has 0 atom stereocenters. The second-order valence-corrected chi connectivity index (χ2v) is 7.37. The van der Waals surface area contributed by atoms with Crippen LogP contribution in [0.25, 0.3) is 11.6 Å². The minimum absolute atomic E-state index is 0.0145. The summed E-state index contributed by atoms with van der Waals surface area (Å²) in [5.41, 5.74) is 4.53. The highest BCUT2D eigenvalue weighted by molar-refractivity contribution is 8.18. The lowest BCUT2D eigenvalue weighted by Crippen LogP contribution is -2.44. The van der Waals surface area contributed by atoms with Gasteiger partial charge in [0.1, 0.15) is 0 Å². The van der Waals surface area contributed by atoms with Gasteiger partial charge in [-0.25, -0.2) is 0 Å². The van der Waals surface area contributed by atoms with Crippen molar-refractivity contribution < 1.29 is 9.59 Å². The number of carbonyl (C=O) groups excluding carboxylic acids is 2. The Morgan fingerprint density at radius 2 is 2.04 bits per heavy atom. The molecule has 2 amide bonds. The normalized spacial score (nSPS) is 21.3. The van der Waals surface area contributed by atoms with Crippen molar-refractivity contribution in [3.8, 4) is 0 Å². The van der Waals surface area contributed by atoms with Crippen LogP contribution in [-0.4, -0.2) is 23.2 Å². The first-order chi connectivity index (χ1) is 10.8. The first-order valence-electron chi connectivity index (χ1n) is 7.68. The molecule has 4 nitrogen and oxygen atoms in total. The number of hydrogen-bond donors (Lipinski definition) is 1. The van der Waals surface area contributed by atoms with Gasteiger partial charge in [-0.15, -0.1) is 0 Å². The van der Waals surface area contributed by atoms with Crippen LogP contribution in [0.5, 0.6) is 0 Å². The number of allylic oxidation sites excluding steroid dienone is 1. The average Bonchev–Trinajstić information content (AvgIpc) is 2.77. The fourth-order valence-electron chi connectivity index (χ4n) is 3.34. The number of amides is 2. The summed E-state index contributed by atoms with van der Waals surface area (Å²) in [6, 6.07) is 6.19. The highest BCUT2D eigenvalue weighted by Gasteiger charge is 2.30. The zero-order chi connectivity index (χ0) is 16.8. The van der Waals surface area contributed by atoms with Crippen LogP contribution in [0.3, 0.4) is 0 Å². The van der Waals surface area contributed by atoms with Crippen LogP contribution < -0.4 is 10.2 Å². The molecule has 3 rings (SSSR count). The number of anilines is 1. The Morgan fingerprint density at radius 1 is 1.30 bits per heavy atom. The molecular weight excluding hydrogens is 308 g/mol. The summed E-state index contributed by atoms with van der Waals surface area (Å²) < 4.78 is 0. The number of imide groups is 1. The van der Waals surface area contributed by atoms with E-state index in [2.05, 4.69) is 56.1 Å². The second-order valence-electron chi connectivity index (χ2n) is 6.35. The third-order valence-corrected chi connectivity index (χ3v) is 5.07. The first kappa shape index (κ1) is 15.9. The molecule has 0 spiro atoms. The number of carbonyl (C=O) groups is 2. The number of fused-ring (bicyclic) bond motifs is 1. The first-order valence-corrected chi connectivity index (χ1v) is 8.50. The van der Waals surface area contributed by atoms with E-state index in [0.717, 1.165) is 23.9 Å². The summed E-state index contributed by atoms with van der Waals surface area (Å²) in [5, 5.41) is 1.97. The van der Waals surface area contributed by atoms with E-state index < -0.39 is 0 Å². The topological polar surface area (TPSA) is 49.4 Å². The molecule has 1 aromatic carbocycles. The number of hydrogen-bond acceptors (Lipinski definition) is 4. The van der Waals surface area contributed by atoms with E-state index in [9.17, 15) is 9.59 Å². The quantitative estimate of drug-likeness (QED) is 0.833. The van der Waals surface area contributed by atoms with E-state index in [4.69, 9.17) is 0 Å². The largest absolute Gasteiger partial charge is 0.363 e. The molecule has 0 radical (unpaired) electrons. The summed E-state index contributed by atoms with van der Waals surface area (Å²) in [7, 11) is 0. The maximum Gasteiger partial charge on any atom is 0.290 e. The molecule has 0 saturated carbocycles. The maximum atomic E-state index is 11.7. The number of benzene rings is 1. The predicted octanol–water partition coefficient (Wildman–Crippen LogP) is 4.03. The van der Waals surface area contributed by atoms with E-state index in [-0.39, 0.29) is 16.7 Å². The fourth-order valence-corrected chi connectivity index (χ4v) is 4.02. The van der Waals surface area contributed by atoms with Crippen LogP contribution in [-0.2, 0) is 4.79 Å². The van der Waals surface area contributed by atoms with Gasteiger partial charge in [0.15, 0.2) is 0 Å². The van der Waals surface area contributed by atoms with E-state index in [1.807, 2.05) is 6.07 Å². The van der Waals surface area contributed by atoms with Crippen molar-refractivity contribution in [2.45, 2.75) is 33.2 Å². The van der Waals surface area contributed by atoms with E-state index in [0.29, 0.717) is 4.91 Å². The van der Waals surface area contributed by atoms with Crippen LogP contribution in [0.2, 0.25) is 0 Å². The Morgan fingerprint density at radius 3 is 2.65 bits per heavy atom. The predicted molar refractivity (Wildman–Crippen MR) is 96.3 cm³/mol. The Kier molecular flexibility index (Phi) is 3.84. The lowest BCUT2D eigenvalue weighted by atomic mass is 9.88. The molecule has 23 heavy (non-hydrogen) atoms. The van der Waals surface area contributed by atoms with E-state index >= 15 is 0 Å². The zero-order valence-corrected chi connectivity index (χ0v) is 14.6. The molecule has 0 aromatic heterocycles. The minimum atomic E-state index is -0.318. The van der Waals surface area contributed by atoms with Gasteiger partial charge in [-0.05, 0) is 68.8 Å². The van der Waals surface area contributed by atoms with E-state index in [1.165, 1.54) is 16.8 Å². The van der Waals surface area contributed by atoms with Crippen molar-refractivity contribution in [1.82, 2.24) is 5.32 Å². The van der Waals surface area contributed by atoms with Gasteiger partial charge in [-0.1, -0.05) is 12.1 Å².